The van der Waals surface area contributed by atoms with Gasteiger partial charge in [-0.1, -0.05) is 63.9 Å². The number of ether oxygens (including phenoxy) is 7. The van der Waals surface area contributed by atoms with Crippen molar-refractivity contribution in [2.24, 2.45) is 15.3 Å². The lowest BCUT2D eigenvalue weighted by molar-refractivity contribution is -0.121. The molecule has 0 fully saturated rings. The molecule has 0 bridgehead atoms. The Balaban J connectivity index is 1.67. The Morgan fingerprint density at radius 1 is 0.507 bits per heavy atom. The lowest BCUT2D eigenvalue weighted by atomic mass is 9.83. The molecule has 0 radical (unpaired) electrons. The second-order valence-electron chi connectivity index (χ2n) is 14.8. The number of alkyl carbamates (subject to hydrolysis) is 1. The highest BCUT2D eigenvalue weighted by molar-refractivity contribution is 5.80. The van der Waals surface area contributed by atoms with Crippen molar-refractivity contribution in [3.8, 4) is 11.1 Å². The molecule has 0 atom stereocenters. The molecule has 0 saturated heterocycles. The van der Waals surface area contributed by atoms with Gasteiger partial charge in [0.2, 0.25) is 17.7 Å². The fourth-order valence-corrected chi connectivity index (χ4v) is 6.94. The van der Waals surface area contributed by atoms with Crippen LogP contribution in [0.3, 0.4) is 0 Å². The quantitative estimate of drug-likeness (QED) is 0.0300. The Morgan fingerprint density at radius 2 is 0.851 bits per heavy atom. The molecular weight excluding hydrogens is 875 g/mol. The molecule has 1 aliphatic rings. The van der Waals surface area contributed by atoms with E-state index in [1.165, 1.54) is 0 Å². The van der Waals surface area contributed by atoms with E-state index in [9.17, 15) is 19.2 Å². The Hall–Kier alpha value is -6.19. The van der Waals surface area contributed by atoms with Gasteiger partial charge < -0.3 is 54.4 Å². The number of carbonyl (C=O) groups excluding carboxylic acids is 4. The third-order valence-electron chi connectivity index (χ3n) is 10.2. The van der Waals surface area contributed by atoms with Crippen LogP contribution in [0.2, 0.25) is 0 Å². The number of nitrogens with zero attached hydrogens (tertiary/aromatic N) is 9. The molecule has 0 heterocycles. The van der Waals surface area contributed by atoms with Gasteiger partial charge in [-0.3, -0.25) is 14.4 Å². The standard InChI is InChI=1S/C43H63N13O11/c44-54-50-18-24-64-30-27-61-21-15-47-39(57)9-12-43(13-10-40(58)48-16-22-62-28-31-65-25-19-51-55-45,14-11-41(59)49-17-23-63-29-32-66-26-20-52-56-46)53-42(60)67-33-38-36-7-3-1-5-34(36)35-6-2-4-8-37(35)38/h1-8,38H,9-33H2,(H,47,57)(H,48,58)(H,49,59)(H,53,60). The summed E-state index contributed by atoms with van der Waals surface area (Å²) in [6.07, 6.45) is -0.755. The number of benzene rings is 2. The summed E-state index contributed by atoms with van der Waals surface area (Å²) >= 11 is 0. The van der Waals surface area contributed by atoms with Crippen molar-refractivity contribution in [3.05, 3.63) is 91.0 Å². The number of fused-ring (bicyclic) bond motifs is 3. The number of hydrogen-bond acceptors (Lipinski definition) is 14. The third-order valence-corrected chi connectivity index (χ3v) is 10.2. The monoisotopic (exact) mass is 937 g/mol. The highest BCUT2D eigenvalue weighted by atomic mass is 16.6. The lowest BCUT2D eigenvalue weighted by Gasteiger charge is -2.35. The van der Waals surface area contributed by atoms with E-state index in [0.29, 0.717) is 0 Å². The topological polar surface area (TPSA) is 327 Å². The van der Waals surface area contributed by atoms with Crippen molar-refractivity contribution >= 4 is 23.8 Å². The molecule has 2 aromatic rings. The zero-order valence-corrected chi connectivity index (χ0v) is 37.9. The first-order chi connectivity index (χ1) is 32.8. The Bertz CT molecular complexity index is 1770. The summed E-state index contributed by atoms with van der Waals surface area (Å²) in [6.45, 7) is 4.32. The van der Waals surface area contributed by atoms with E-state index in [1.807, 2.05) is 48.5 Å². The molecule has 1 aliphatic carbocycles. The average Bonchev–Trinajstić information content (AvgIpc) is 3.66. The van der Waals surface area contributed by atoms with E-state index in [1.54, 1.807) is 0 Å². The van der Waals surface area contributed by atoms with Gasteiger partial charge in [0, 0.05) is 84.7 Å². The number of carbonyl (C=O) groups is 4. The van der Waals surface area contributed by atoms with Gasteiger partial charge in [-0.2, -0.15) is 0 Å². The van der Waals surface area contributed by atoms with E-state index in [2.05, 4.69) is 51.3 Å². The van der Waals surface area contributed by atoms with Gasteiger partial charge in [0.15, 0.2) is 0 Å². The van der Waals surface area contributed by atoms with E-state index in [-0.39, 0.29) is 187 Å². The molecule has 0 spiro atoms. The summed E-state index contributed by atoms with van der Waals surface area (Å²) < 4.78 is 38.5. The highest BCUT2D eigenvalue weighted by Crippen LogP contribution is 2.44. The predicted molar refractivity (Wildman–Crippen MR) is 245 cm³/mol. The normalized spacial score (nSPS) is 12.2. The van der Waals surface area contributed by atoms with Crippen LogP contribution in [0.1, 0.15) is 55.6 Å². The van der Waals surface area contributed by atoms with Crippen LogP contribution in [0, 0.1) is 0 Å². The number of amides is 4. The van der Waals surface area contributed by atoms with Crippen molar-refractivity contribution in [3.63, 3.8) is 0 Å². The van der Waals surface area contributed by atoms with Crippen LogP contribution in [0.5, 0.6) is 0 Å². The second kappa shape index (κ2) is 35.1. The van der Waals surface area contributed by atoms with Gasteiger partial charge in [0.25, 0.3) is 0 Å². The fourth-order valence-electron chi connectivity index (χ4n) is 6.94. The molecule has 4 N–H and O–H groups in total. The number of hydrogen-bond donors (Lipinski definition) is 4. The Morgan fingerprint density at radius 3 is 1.21 bits per heavy atom. The van der Waals surface area contributed by atoms with Gasteiger partial charge in [-0.25, -0.2) is 4.79 Å². The van der Waals surface area contributed by atoms with E-state index < -0.39 is 11.6 Å². The maximum atomic E-state index is 13.9. The molecule has 4 amide bonds. The van der Waals surface area contributed by atoms with Crippen LogP contribution >= 0.6 is 0 Å². The largest absolute Gasteiger partial charge is 0.449 e. The minimum atomic E-state index is -1.25. The Labute approximate surface area is 389 Å². The van der Waals surface area contributed by atoms with Crippen molar-refractivity contribution < 1.29 is 52.3 Å². The van der Waals surface area contributed by atoms with E-state index >= 15 is 0 Å². The first-order valence-electron chi connectivity index (χ1n) is 22.2. The molecule has 0 unspecified atom stereocenters. The maximum Gasteiger partial charge on any atom is 0.407 e. The number of rotatable bonds is 39. The Kier molecular flexibility index (Phi) is 28.9. The van der Waals surface area contributed by atoms with Crippen LogP contribution in [-0.2, 0) is 47.5 Å². The van der Waals surface area contributed by atoms with Crippen LogP contribution in [0.4, 0.5) is 4.79 Å². The molecule has 0 aliphatic heterocycles. The molecule has 0 saturated carbocycles. The summed E-state index contributed by atoms with van der Waals surface area (Å²) in [5.74, 6) is -1.22. The van der Waals surface area contributed by atoms with Crippen LogP contribution < -0.4 is 21.3 Å². The van der Waals surface area contributed by atoms with Gasteiger partial charge in [0.05, 0.1) is 79.3 Å². The molecule has 67 heavy (non-hydrogen) atoms. The zero-order chi connectivity index (χ0) is 48.1. The first kappa shape index (κ1) is 55.1. The van der Waals surface area contributed by atoms with Crippen molar-refractivity contribution in [2.45, 2.75) is 50.0 Å². The summed E-state index contributed by atoms with van der Waals surface area (Å²) in [6, 6.07) is 15.9. The number of nitrogens with one attached hydrogen (secondary N) is 4. The lowest BCUT2D eigenvalue weighted by Crippen LogP contribution is -2.51. The van der Waals surface area contributed by atoms with Crippen molar-refractivity contribution in [1.82, 2.24) is 21.3 Å². The summed E-state index contributed by atoms with van der Waals surface area (Å²) in [4.78, 5) is 61.6. The van der Waals surface area contributed by atoms with E-state index in [0.717, 1.165) is 22.3 Å². The SMILES string of the molecule is [N-]=[N+]=NCCOCCOCCNC(=O)CCC(CCC(=O)NCCOCCOCCN=[N+]=[N-])(CCC(=O)NCCOCCOCCN=[N+]=[N-])NC(=O)OCC1c2ccccc2-c2ccccc21. The molecule has 2 aromatic carbocycles. The fraction of sp³-hybridized carbons (Fsp3) is 0.628. The van der Waals surface area contributed by atoms with E-state index in [4.69, 9.17) is 49.8 Å². The summed E-state index contributed by atoms with van der Waals surface area (Å²) in [5.41, 5.74) is 28.0. The van der Waals surface area contributed by atoms with Gasteiger partial charge in [0.1, 0.15) is 6.61 Å². The smallest absolute Gasteiger partial charge is 0.407 e. The number of azide groups is 3. The minimum absolute atomic E-state index is 0.0218. The summed E-state index contributed by atoms with van der Waals surface area (Å²) in [5, 5.41) is 21.6. The van der Waals surface area contributed by atoms with Gasteiger partial charge in [-0.15, -0.1) is 0 Å². The van der Waals surface area contributed by atoms with Gasteiger partial charge >= 0.3 is 6.09 Å². The molecular formula is C43H63N13O11. The molecule has 3 rings (SSSR count). The van der Waals surface area contributed by atoms with Crippen LogP contribution in [-0.4, -0.2) is 155 Å². The van der Waals surface area contributed by atoms with Crippen LogP contribution in [0.15, 0.2) is 63.9 Å². The minimum Gasteiger partial charge on any atom is -0.449 e. The zero-order valence-electron chi connectivity index (χ0n) is 37.9. The maximum absolute atomic E-state index is 13.9. The van der Waals surface area contributed by atoms with Crippen molar-refractivity contribution in [2.75, 3.05) is 125 Å². The molecule has 366 valence electrons. The predicted octanol–water partition coefficient (Wildman–Crippen LogP) is 4.98. The third kappa shape index (κ3) is 23.7. The highest BCUT2D eigenvalue weighted by Gasteiger charge is 2.35. The molecule has 24 nitrogen and oxygen atoms in total. The molecule has 24 heteroatoms. The summed E-state index contributed by atoms with van der Waals surface area (Å²) in [7, 11) is 0. The first-order valence-corrected chi connectivity index (χ1v) is 22.2. The second-order valence-corrected chi connectivity index (χ2v) is 14.8. The molecule has 0 aromatic heterocycles. The average molecular weight is 938 g/mol. The van der Waals surface area contributed by atoms with Crippen molar-refractivity contribution in [1.29, 1.82) is 0 Å². The van der Waals surface area contributed by atoms with Crippen LogP contribution in [0.25, 0.3) is 42.5 Å². The van der Waals surface area contributed by atoms with Gasteiger partial charge in [-0.05, 0) is 58.1 Å².